The second-order valence-corrected chi connectivity index (χ2v) is 5.05. The van der Waals surface area contributed by atoms with Crippen molar-refractivity contribution in [1.82, 2.24) is 10.6 Å². The fourth-order valence-electron chi connectivity index (χ4n) is 1.70. The van der Waals surface area contributed by atoms with Crippen LogP contribution in [0.15, 0.2) is 18.2 Å². The molecule has 0 fully saturated rings. The summed E-state index contributed by atoms with van der Waals surface area (Å²) in [6.45, 7) is 2.90. The summed E-state index contributed by atoms with van der Waals surface area (Å²) >= 11 is 0. The smallest absolute Gasteiger partial charge is 0.342 e. The number of methoxy groups -OCH3 is 1. The number of urea groups is 1. The zero-order valence-corrected chi connectivity index (χ0v) is 14.0. The molecule has 0 saturated carbocycles. The quantitative estimate of drug-likeness (QED) is 0.429. The molecular weight excluding hydrogens is 334 g/mol. The van der Waals surface area contributed by atoms with Gasteiger partial charge in [-0.3, -0.25) is 20.2 Å². The molecule has 136 valence electrons. The van der Waals surface area contributed by atoms with Crippen LogP contribution in [0.1, 0.15) is 30.6 Å². The second-order valence-electron chi connectivity index (χ2n) is 5.05. The van der Waals surface area contributed by atoms with Crippen LogP contribution in [0.25, 0.3) is 0 Å². The van der Waals surface area contributed by atoms with Gasteiger partial charge in [0.1, 0.15) is 11.3 Å². The normalized spacial score (nSPS) is 11.2. The van der Waals surface area contributed by atoms with Gasteiger partial charge in [0.05, 0.1) is 12.0 Å². The molecule has 10 nitrogen and oxygen atoms in total. The Morgan fingerprint density at radius 3 is 2.56 bits per heavy atom. The first kappa shape index (κ1) is 19.9. The Labute approximate surface area is 143 Å². The summed E-state index contributed by atoms with van der Waals surface area (Å²) in [5, 5.41) is 15.3. The van der Waals surface area contributed by atoms with Crippen molar-refractivity contribution in [2.45, 2.75) is 26.3 Å². The Morgan fingerprint density at radius 1 is 1.32 bits per heavy atom. The standard InChI is InChI=1S/C15H19N3O7/c1-4-9(2)16-15(21)17-13(19)8-25-14(20)11-7-10(18(22)23)5-6-12(11)24-3/h5-7,9H,4,8H2,1-3H3,(H2,16,17,19,21)/t9-/m1/s1. The van der Waals surface area contributed by atoms with Crippen LogP contribution in [0.5, 0.6) is 5.75 Å². The number of nitrogens with zero attached hydrogens (tertiary/aromatic N) is 1. The number of esters is 1. The number of carbonyl (C=O) groups is 3. The van der Waals surface area contributed by atoms with E-state index in [2.05, 4.69) is 5.32 Å². The molecule has 1 atom stereocenters. The van der Waals surface area contributed by atoms with Gasteiger partial charge in [-0.2, -0.15) is 0 Å². The molecule has 1 rings (SSSR count). The van der Waals surface area contributed by atoms with E-state index in [0.29, 0.717) is 6.42 Å². The van der Waals surface area contributed by atoms with Crippen molar-refractivity contribution in [2.24, 2.45) is 0 Å². The third-order valence-electron chi connectivity index (χ3n) is 3.19. The number of amides is 3. The maximum absolute atomic E-state index is 12.0. The van der Waals surface area contributed by atoms with Crippen molar-refractivity contribution in [3.8, 4) is 5.75 Å². The Balaban J connectivity index is 2.67. The number of hydrogen-bond acceptors (Lipinski definition) is 7. The average Bonchev–Trinajstić information content (AvgIpc) is 2.58. The largest absolute Gasteiger partial charge is 0.496 e. The molecule has 0 bridgehead atoms. The van der Waals surface area contributed by atoms with Gasteiger partial charge in [-0.15, -0.1) is 0 Å². The van der Waals surface area contributed by atoms with Crippen molar-refractivity contribution < 1.29 is 28.8 Å². The van der Waals surface area contributed by atoms with Crippen molar-refractivity contribution in [2.75, 3.05) is 13.7 Å². The van der Waals surface area contributed by atoms with E-state index in [-0.39, 0.29) is 23.0 Å². The zero-order chi connectivity index (χ0) is 19.0. The first-order chi connectivity index (χ1) is 11.8. The minimum absolute atomic E-state index is 0.0607. The molecule has 25 heavy (non-hydrogen) atoms. The molecule has 0 spiro atoms. The molecule has 2 N–H and O–H groups in total. The second kappa shape index (κ2) is 9.21. The van der Waals surface area contributed by atoms with Gasteiger partial charge in [0.15, 0.2) is 6.61 Å². The molecule has 10 heteroatoms. The highest BCUT2D eigenvalue weighted by Crippen LogP contribution is 2.24. The lowest BCUT2D eigenvalue weighted by Crippen LogP contribution is -2.44. The maximum Gasteiger partial charge on any atom is 0.342 e. The molecule has 0 aliphatic carbocycles. The Hall–Kier alpha value is -3.17. The van der Waals surface area contributed by atoms with Crippen molar-refractivity contribution in [3.05, 3.63) is 33.9 Å². The van der Waals surface area contributed by atoms with E-state index < -0.39 is 29.4 Å². The van der Waals surface area contributed by atoms with E-state index in [1.807, 2.05) is 12.2 Å². The highest BCUT2D eigenvalue weighted by Gasteiger charge is 2.20. The summed E-state index contributed by atoms with van der Waals surface area (Å²) in [5.74, 6) is -1.76. The van der Waals surface area contributed by atoms with Crippen LogP contribution in [-0.4, -0.2) is 42.6 Å². The molecule has 1 aromatic rings. The van der Waals surface area contributed by atoms with Gasteiger partial charge in [-0.1, -0.05) is 6.92 Å². The highest BCUT2D eigenvalue weighted by atomic mass is 16.6. The van der Waals surface area contributed by atoms with E-state index in [9.17, 15) is 24.5 Å². The number of ether oxygens (including phenoxy) is 2. The molecule has 3 amide bonds. The van der Waals surface area contributed by atoms with Crippen LogP contribution in [0.3, 0.4) is 0 Å². The van der Waals surface area contributed by atoms with Gasteiger partial charge in [0.2, 0.25) is 0 Å². The van der Waals surface area contributed by atoms with E-state index in [1.165, 1.54) is 19.2 Å². The van der Waals surface area contributed by atoms with Crippen LogP contribution >= 0.6 is 0 Å². The van der Waals surface area contributed by atoms with Gasteiger partial charge >= 0.3 is 12.0 Å². The van der Waals surface area contributed by atoms with Gasteiger partial charge in [0, 0.05) is 18.2 Å². The fraction of sp³-hybridized carbons (Fsp3) is 0.400. The van der Waals surface area contributed by atoms with E-state index in [0.717, 1.165) is 6.07 Å². The van der Waals surface area contributed by atoms with Crippen LogP contribution in [0.2, 0.25) is 0 Å². The number of non-ortho nitro benzene ring substituents is 1. The van der Waals surface area contributed by atoms with Crippen molar-refractivity contribution >= 4 is 23.6 Å². The van der Waals surface area contributed by atoms with Crippen LogP contribution in [-0.2, 0) is 9.53 Å². The lowest BCUT2D eigenvalue weighted by molar-refractivity contribution is -0.384. The van der Waals surface area contributed by atoms with Gasteiger partial charge in [-0.05, 0) is 19.4 Å². The number of nitrogens with one attached hydrogen (secondary N) is 2. The third kappa shape index (κ3) is 6.09. The molecular formula is C15H19N3O7. The molecule has 0 saturated heterocycles. The summed E-state index contributed by atoms with van der Waals surface area (Å²) in [7, 11) is 1.28. The Morgan fingerprint density at radius 2 is 2.00 bits per heavy atom. The number of carbonyl (C=O) groups excluding carboxylic acids is 3. The molecule has 0 unspecified atom stereocenters. The first-order valence-electron chi connectivity index (χ1n) is 7.38. The van der Waals surface area contributed by atoms with E-state index in [1.54, 1.807) is 6.92 Å². The number of benzene rings is 1. The number of imide groups is 1. The SMILES string of the molecule is CC[C@@H](C)NC(=O)NC(=O)COC(=O)c1cc([N+](=O)[O-])ccc1OC. The molecule has 1 aromatic carbocycles. The van der Waals surface area contributed by atoms with Gasteiger partial charge in [0.25, 0.3) is 11.6 Å². The lowest BCUT2D eigenvalue weighted by Gasteiger charge is -2.12. The number of nitro groups is 1. The monoisotopic (exact) mass is 353 g/mol. The topological polar surface area (TPSA) is 137 Å². The van der Waals surface area contributed by atoms with E-state index >= 15 is 0 Å². The average molecular weight is 353 g/mol. The van der Waals surface area contributed by atoms with Crippen LogP contribution in [0.4, 0.5) is 10.5 Å². The fourth-order valence-corrected chi connectivity index (χ4v) is 1.70. The third-order valence-corrected chi connectivity index (χ3v) is 3.19. The first-order valence-corrected chi connectivity index (χ1v) is 7.38. The number of nitro benzene ring substituents is 1. The summed E-state index contributed by atoms with van der Waals surface area (Å²) in [5.41, 5.74) is -0.529. The molecule has 0 radical (unpaired) electrons. The molecule has 0 aromatic heterocycles. The van der Waals surface area contributed by atoms with Crippen molar-refractivity contribution in [3.63, 3.8) is 0 Å². The lowest BCUT2D eigenvalue weighted by atomic mass is 10.2. The maximum atomic E-state index is 12.0. The zero-order valence-electron chi connectivity index (χ0n) is 14.0. The Bertz CT molecular complexity index is 675. The molecule has 0 aliphatic rings. The van der Waals surface area contributed by atoms with Crippen LogP contribution in [0, 0.1) is 10.1 Å². The van der Waals surface area contributed by atoms with Crippen molar-refractivity contribution in [1.29, 1.82) is 0 Å². The van der Waals surface area contributed by atoms with Crippen LogP contribution < -0.4 is 15.4 Å². The minimum atomic E-state index is -0.988. The molecule has 0 heterocycles. The van der Waals surface area contributed by atoms with Gasteiger partial charge < -0.3 is 14.8 Å². The summed E-state index contributed by atoms with van der Waals surface area (Å²) < 4.78 is 9.71. The summed E-state index contributed by atoms with van der Waals surface area (Å²) in [6, 6.07) is 2.57. The number of hydrogen-bond donors (Lipinski definition) is 2. The predicted octanol–water partition coefficient (Wildman–Crippen LogP) is 1.38. The van der Waals surface area contributed by atoms with Gasteiger partial charge in [-0.25, -0.2) is 9.59 Å². The highest BCUT2D eigenvalue weighted by molar-refractivity contribution is 5.98. The summed E-state index contributed by atoms with van der Waals surface area (Å²) in [4.78, 5) is 45.2. The molecule has 0 aliphatic heterocycles. The van der Waals surface area contributed by atoms with E-state index in [4.69, 9.17) is 9.47 Å². The minimum Gasteiger partial charge on any atom is -0.496 e. The number of rotatable bonds is 7. The summed E-state index contributed by atoms with van der Waals surface area (Å²) in [6.07, 6.45) is 0.684. The predicted molar refractivity (Wildman–Crippen MR) is 86.4 cm³/mol. The Kier molecular flexibility index (Phi) is 7.32.